The Balaban J connectivity index is -0.0000000600. The normalized spacial score (nSPS) is 8.78. The van der Waals surface area contributed by atoms with Gasteiger partial charge < -0.3 is 5.91 Å². The molecule has 0 fully saturated rings. The van der Waals surface area contributed by atoms with Crippen LogP contribution in [0.2, 0.25) is 0 Å². The average Bonchev–Trinajstić information content (AvgIpc) is 1.30. The van der Waals surface area contributed by atoms with Gasteiger partial charge in [-0.25, -0.2) is 0 Å². The summed E-state index contributed by atoms with van der Waals surface area (Å²) in [5.74, 6) is 0. The van der Waals surface area contributed by atoms with E-state index in [1.54, 1.807) is 0 Å². The Kier molecular flexibility index (Phi) is 13.0. The van der Waals surface area contributed by atoms with Gasteiger partial charge in [-0.1, -0.05) is 6.58 Å². The van der Waals surface area contributed by atoms with Gasteiger partial charge >= 0.3 is 29.6 Å². The molecule has 0 saturated carbocycles. The average molecular weight is 161 g/mol. The van der Waals surface area contributed by atoms with Gasteiger partial charge in [0, 0.05) is 0 Å². The molecule has 0 aromatic rings. The molecule has 0 heterocycles. The fourth-order valence-electron chi connectivity index (χ4n) is 0.387. The van der Waals surface area contributed by atoms with Gasteiger partial charge in [0.1, 0.15) is 0 Å². The van der Waals surface area contributed by atoms with E-state index in [1.165, 1.54) is 0 Å². The number of hydrogen-bond acceptors (Lipinski definition) is 0. The van der Waals surface area contributed by atoms with E-state index in [2.05, 4.69) is 27.7 Å². The molecular formula is C6H16ClNNa+. The van der Waals surface area contributed by atoms with E-state index >= 15 is 0 Å². The van der Waals surface area contributed by atoms with Crippen LogP contribution in [0.4, 0.5) is 0 Å². The summed E-state index contributed by atoms with van der Waals surface area (Å²) in [7, 11) is 6.42. The third-order valence-corrected chi connectivity index (χ3v) is 0.677. The molecule has 0 atom stereocenters. The van der Waals surface area contributed by atoms with Crippen LogP contribution in [0.3, 0.4) is 0 Å². The van der Waals surface area contributed by atoms with Crippen molar-refractivity contribution in [3.63, 3.8) is 0 Å². The van der Waals surface area contributed by atoms with Crippen LogP contribution >= 0.6 is 12.4 Å². The number of quaternary nitrogens is 1. The second-order valence-corrected chi connectivity index (χ2v) is 2.76. The Morgan fingerprint density at radius 1 is 1.44 bits per heavy atom. The van der Waals surface area contributed by atoms with Gasteiger partial charge in [-0.2, -0.15) is 0 Å². The Morgan fingerprint density at radius 2 is 1.78 bits per heavy atom. The van der Waals surface area contributed by atoms with Crippen LogP contribution in [0.5, 0.6) is 0 Å². The maximum Gasteiger partial charge on any atom is 1.00 e. The summed E-state index contributed by atoms with van der Waals surface area (Å²) in [6.07, 6.45) is 1.93. The Hall–Kier alpha value is 0.990. The molecule has 0 radical (unpaired) electrons. The molecule has 0 aromatic heterocycles. The van der Waals surface area contributed by atoms with Crippen molar-refractivity contribution in [2.75, 3.05) is 27.7 Å². The van der Waals surface area contributed by atoms with E-state index in [0.717, 1.165) is 11.0 Å². The fraction of sp³-hybridized carbons (Fsp3) is 0.667. The first-order valence-electron chi connectivity index (χ1n) is 2.47. The molecule has 9 heavy (non-hydrogen) atoms. The van der Waals surface area contributed by atoms with Crippen LogP contribution in [0.15, 0.2) is 12.7 Å². The zero-order valence-corrected chi connectivity index (χ0v) is 9.66. The summed E-state index contributed by atoms with van der Waals surface area (Å²) in [6.45, 7) is 4.67. The predicted molar refractivity (Wildman–Crippen MR) is 41.5 cm³/mol. The number of likely N-dealkylation sites (N-methyl/N-ethyl adjacent to an activating group) is 1. The number of rotatable bonds is 2. The second kappa shape index (κ2) is 7.10. The van der Waals surface area contributed by atoms with Crippen molar-refractivity contribution in [3.8, 4) is 0 Å². The van der Waals surface area contributed by atoms with E-state index in [-0.39, 0.29) is 43.4 Å². The molecule has 52 valence electrons. The standard InChI is InChI=1S/C6H14N.ClH.Na.H/c1-5-6-7(2,3)4;;;/h5H,1,6H2,2-4H3;1H;;/q+1;;+1;-1. The summed E-state index contributed by atoms with van der Waals surface area (Å²) in [5, 5.41) is 0. The molecule has 0 N–H and O–H groups in total. The maximum atomic E-state index is 3.63. The van der Waals surface area contributed by atoms with E-state index in [0.29, 0.717) is 0 Å². The first-order chi connectivity index (χ1) is 3.06. The van der Waals surface area contributed by atoms with Crippen LogP contribution < -0.4 is 29.6 Å². The van der Waals surface area contributed by atoms with E-state index in [4.69, 9.17) is 0 Å². The van der Waals surface area contributed by atoms with Crippen molar-refractivity contribution < 1.29 is 35.5 Å². The SMILES string of the molecule is C=CC[N+](C)(C)C.Cl.[H-].[Na+]. The molecule has 0 spiro atoms. The molecular weight excluding hydrogens is 145 g/mol. The molecule has 1 nitrogen and oxygen atoms in total. The minimum absolute atomic E-state index is 0. The zero-order chi connectivity index (χ0) is 5.91. The summed E-state index contributed by atoms with van der Waals surface area (Å²) < 4.78 is 0.976. The minimum Gasteiger partial charge on any atom is -1.00 e. The van der Waals surface area contributed by atoms with E-state index in [1.807, 2.05) is 6.08 Å². The molecule has 0 unspecified atom stereocenters. The van der Waals surface area contributed by atoms with Crippen LogP contribution in [0.25, 0.3) is 0 Å². The van der Waals surface area contributed by atoms with Gasteiger partial charge in [-0.3, -0.25) is 0 Å². The third-order valence-electron chi connectivity index (χ3n) is 0.677. The van der Waals surface area contributed by atoms with Crippen molar-refractivity contribution >= 4 is 12.4 Å². The predicted octanol–water partition coefficient (Wildman–Crippen LogP) is -1.58. The van der Waals surface area contributed by atoms with Crippen molar-refractivity contribution in [2.45, 2.75) is 0 Å². The molecule has 0 bridgehead atoms. The zero-order valence-electron chi connectivity index (χ0n) is 7.85. The van der Waals surface area contributed by atoms with Crippen LogP contribution in [0, 0.1) is 0 Å². The topological polar surface area (TPSA) is 0 Å². The molecule has 0 aliphatic heterocycles. The molecule has 0 rings (SSSR count). The summed E-state index contributed by atoms with van der Waals surface area (Å²) in [4.78, 5) is 0. The van der Waals surface area contributed by atoms with Gasteiger partial charge in [0.05, 0.1) is 27.7 Å². The fourth-order valence-corrected chi connectivity index (χ4v) is 0.387. The van der Waals surface area contributed by atoms with Crippen molar-refractivity contribution in [3.05, 3.63) is 12.7 Å². The van der Waals surface area contributed by atoms with Crippen LogP contribution in [-0.4, -0.2) is 32.2 Å². The van der Waals surface area contributed by atoms with Gasteiger partial charge in [0.25, 0.3) is 0 Å². The summed E-state index contributed by atoms with van der Waals surface area (Å²) in [5.41, 5.74) is 0. The number of hydrogen-bond donors (Lipinski definition) is 0. The largest absolute Gasteiger partial charge is 1.00 e. The van der Waals surface area contributed by atoms with Crippen molar-refractivity contribution in [1.82, 2.24) is 0 Å². The molecule has 0 amide bonds. The van der Waals surface area contributed by atoms with Gasteiger partial charge in [0.2, 0.25) is 0 Å². The first-order valence-corrected chi connectivity index (χ1v) is 2.47. The summed E-state index contributed by atoms with van der Waals surface area (Å²) in [6, 6.07) is 0. The monoisotopic (exact) mass is 160 g/mol. The molecule has 0 aliphatic rings. The van der Waals surface area contributed by atoms with Crippen molar-refractivity contribution in [2.24, 2.45) is 0 Å². The Bertz CT molecular complexity index is 72.6. The Morgan fingerprint density at radius 3 is 1.78 bits per heavy atom. The van der Waals surface area contributed by atoms with Crippen LogP contribution in [-0.2, 0) is 0 Å². The minimum atomic E-state index is 0. The summed E-state index contributed by atoms with van der Waals surface area (Å²) >= 11 is 0. The molecule has 3 heteroatoms. The van der Waals surface area contributed by atoms with Gasteiger partial charge in [0.15, 0.2) is 0 Å². The quantitative estimate of drug-likeness (QED) is 0.260. The number of nitrogens with zero attached hydrogens (tertiary/aromatic N) is 1. The van der Waals surface area contributed by atoms with Crippen LogP contribution in [0.1, 0.15) is 1.43 Å². The molecule has 0 aliphatic carbocycles. The van der Waals surface area contributed by atoms with Crippen molar-refractivity contribution in [1.29, 1.82) is 0 Å². The smallest absolute Gasteiger partial charge is 1.00 e. The molecule has 0 saturated heterocycles. The Labute approximate surface area is 87.9 Å². The molecule has 0 aromatic carbocycles. The maximum absolute atomic E-state index is 3.63. The van der Waals surface area contributed by atoms with Gasteiger partial charge in [-0.15, -0.1) is 12.4 Å². The van der Waals surface area contributed by atoms with Gasteiger partial charge in [-0.05, 0) is 6.08 Å². The third kappa shape index (κ3) is 17.6. The second-order valence-electron chi connectivity index (χ2n) is 2.76. The van der Waals surface area contributed by atoms with E-state index in [9.17, 15) is 0 Å². The van der Waals surface area contributed by atoms with E-state index < -0.39 is 0 Å². The number of halogens is 1. The first kappa shape index (κ1) is 16.5.